The summed E-state index contributed by atoms with van der Waals surface area (Å²) < 4.78 is 7.69. The van der Waals surface area contributed by atoms with Crippen LogP contribution in [0.4, 0.5) is 0 Å². The smallest absolute Gasteiger partial charge is 0.227 e. The van der Waals surface area contributed by atoms with Gasteiger partial charge in [-0.2, -0.15) is 0 Å². The van der Waals surface area contributed by atoms with E-state index in [1.54, 1.807) is 0 Å². The molecular weight excluding hydrogens is 302 g/mol. The number of aryl methyl sites for hydroxylation is 1. The second-order valence-electron chi connectivity index (χ2n) is 6.26. The molecule has 24 heavy (non-hydrogen) atoms. The second kappa shape index (κ2) is 6.17. The van der Waals surface area contributed by atoms with Crippen molar-refractivity contribution in [1.82, 2.24) is 14.5 Å². The molecule has 1 aromatic carbocycles. The van der Waals surface area contributed by atoms with E-state index >= 15 is 0 Å². The van der Waals surface area contributed by atoms with Crippen LogP contribution in [0, 0.1) is 0 Å². The van der Waals surface area contributed by atoms with Crippen LogP contribution in [0.1, 0.15) is 17.3 Å². The van der Waals surface area contributed by atoms with Gasteiger partial charge in [0, 0.05) is 42.6 Å². The Kier molecular flexibility index (Phi) is 3.86. The first-order valence-electron chi connectivity index (χ1n) is 8.27. The second-order valence-corrected chi connectivity index (χ2v) is 6.26. The van der Waals surface area contributed by atoms with Crippen LogP contribution in [0.15, 0.2) is 48.8 Å². The Morgan fingerprint density at radius 2 is 2.17 bits per heavy atom. The number of nitrogens with zero attached hydrogens (tertiary/aromatic N) is 2. The molecule has 0 spiro atoms. The average Bonchev–Trinajstić information content (AvgIpc) is 3.21. The quantitative estimate of drug-likeness (QED) is 0.805. The van der Waals surface area contributed by atoms with E-state index in [0.29, 0.717) is 26.2 Å². The molecule has 1 atom stereocenters. The van der Waals surface area contributed by atoms with E-state index in [1.807, 2.05) is 48.6 Å². The normalized spacial score (nSPS) is 18.2. The number of hydrogen-bond donors (Lipinski definition) is 1. The van der Waals surface area contributed by atoms with Gasteiger partial charge in [-0.05, 0) is 23.8 Å². The number of para-hydroxylation sites is 1. The lowest BCUT2D eigenvalue weighted by Crippen LogP contribution is -2.44. The van der Waals surface area contributed by atoms with Gasteiger partial charge in [0.25, 0.3) is 0 Å². The number of fused-ring (bicyclic) bond motifs is 1. The minimum atomic E-state index is -0.0172. The molecule has 124 valence electrons. The number of aromatic nitrogens is 2. The Bertz CT molecular complexity index is 864. The molecule has 3 aromatic rings. The van der Waals surface area contributed by atoms with Crippen molar-refractivity contribution in [3.8, 4) is 0 Å². The lowest BCUT2D eigenvalue weighted by atomic mass is 10.1. The van der Waals surface area contributed by atoms with Crippen LogP contribution >= 0.6 is 0 Å². The van der Waals surface area contributed by atoms with Gasteiger partial charge in [-0.25, -0.2) is 0 Å². The van der Waals surface area contributed by atoms with E-state index in [1.165, 1.54) is 0 Å². The molecule has 0 radical (unpaired) electrons. The molecule has 2 aromatic heterocycles. The van der Waals surface area contributed by atoms with Crippen molar-refractivity contribution in [3.63, 3.8) is 0 Å². The van der Waals surface area contributed by atoms with Gasteiger partial charge < -0.3 is 19.2 Å². The third kappa shape index (κ3) is 2.61. The fraction of sp³-hybridized carbons (Fsp3) is 0.316. The van der Waals surface area contributed by atoms with Gasteiger partial charge in [-0.3, -0.25) is 4.79 Å². The topological polar surface area (TPSA) is 50.3 Å². The molecular formula is C19H21N3O2. The summed E-state index contributed by atoms with van der Waals surface area (Å²) in [6.07, 6.45) is 4.36. The number of rotatable bonds is 3. The van der Waals surface area contributed by atoms with Crippen molar-refractivity contribution in [2.24, 2.45) is 7.05 Å². The fourth-order valence-electron chi connectivity index (χ4n) is 3.51. The highest BCUT2D eigenvalue weighted by Gasteiger charge is 2.30. The summed E-state index contributed by atoms with van der Waals surface area (Å²) in [5, 5.41) is 1.12. The van der Waals surface area contributed by atoms with E-state index in [2.05, 4.69) is 21.7 Å². The van der Waals surface area contributed by atoms with Gasteiger partial charge in [0.1, 0.15) is 0 Å². The summed E-state index contributed by atoms with van der Waals surface area (Å²) >= 11 is 0. The summed E-state index contributed by atoms with van der Waals surface area (Å²) in [6, 6.07) is 12.1. The maximum atomic E-state index is 13.0. The molecule has 1 amide bonds. The number of carbonyl (C=O) groups is 1. The maximum absolute atomic E-state index is 13.0. The SMILES string of the molecule is Cn1cccc1[C@H]1COCCN1C(=O)Cc1c[nH]c2ccccc12. The van der Waals surface area contributed by atoms with Crippen LogP contribution in [0.5, 0.6) is 0 Å². The summed E-state index contributed by atoms with van der Waals surface area (Å²) in [5.41, 5.74) is 3.23. The van der Waals surface area contributed by atoms with Crippen LogP contribution in [-0.2, 0) is 23.0 Å². The van der Waals surface area contributed by atoms with Crippen LogP contribution < -0.4 is 0 Å². The number of aromatic amines is 1. The predicted octanol–water partition coefficient (Wildman–Crippen LogP) is 2.65. The van der Waals surface area contributed by atoms with Gasteiger partial charge in [-0.15, -0.1) is 0 Å². The number of benzene rings is 1. The molecule has 4 rings (SSSR count). The van der Waals surface area contributed by atoms with Crippen molar-refractivity contribution in [1.29, 1.82) is 0 Å². The number of hydrogen-bond acceptors (Lipinski definition) is 2. The number of amides is 1. The zero-order valence-electron chi connectivity index (χ0n) is 13.7. The summed E-state index contributed by atoms with van der Waals surface area (Å²) in [5.74, 6) is 0.147. The third-order valence-electron chi connectivity index (χ3n) is 4.79. The largest absolute Gasteiger partial charge is 0.377 e. The van der Waals surface area contributed by atoms with E-state index in [-0.39, 0.29) is 11.9 Å². The van der Waals surface area contributed by atoms with Crippen molar-refractivity contribution >= 4 is 16.8 Å². The molecule has 1 N–H and O–H groups in total. The maximum Gasteiger partial charge on any atom is 0.227 e. The molecule has 0 unspecified atom stereocenters. The van der Waals surface area contributed by atoms with Gasteiger partial charge in [-0.1, -0.05) is 18.2 Å². The number of ether oxygens (including phenoxy) is 1. The molecule has 1 saturated heterocycles. The zero-order chi connectivity index (χ0) is 16.5. The molecule has 1 aliphatic rings. The van der Waals surface area contributed by atoms with Gasteiger partial charge in [0.2, 0.25) is 5.91 Å². The molecule has 5 nitrogen and oxygen atoms in total. The van der Waals surface area contributed by atoms with E-state index < -0.39 is 0 Å². The summed E-state index contributed by atoms with van der Waals surface area (Å²) in [7, 11) is 2.01. The van der Waals surface area contributed by atoms with Gasteiger partial charge >= 0.3 is 0 Å². The van der Waals surface area contributed by atoms with Gasteiger partial charge in [0.15, 0.2) is 0 Å². The standard InChI is InChI=1S/C19H21N3O2/c1-21-8-4-7-17(21)18-13-24-10-9-22(18)19(23)11-14-12-20-16-6-3-2-5-15(14)16/h2-8,12,18,20H,9-11,13H2,1H3/t18-/m1/s1. The zero-order valence-corrected chi connectivity index (χ0v) is 13.7. The van der Waals surface area contributed by atoms with E-state index in [9.17, 15) is 4.79 Å². The molecule has 5 heteroatoms. The monoisotopic (exact) mass is 323 g/mol. The summed E-state index contributed by atoms with van der Waals surface area (Å²) in [4.78, 5) is 18.2. The average molecular weight is 323 g/mol. The number of carbonyl (C=O) groups excluding carboxylic acids is 1. The van der Waals surface area contributed by atoms with E-state index in [4.69, 9.17) is 4.74 Å². The molecule has 1 fully saturated rings. The van der Waals surface area contributed by atoms with Crippen LogP contribution in [-0.4, -0.2) is 40.1 Å². The van der Waals surface area contributed by atoms with E-state index in [0.717, 1.165) is 22.2 Å². The van der Waals surface area contributed by atoms with Crippen molar-refractivity contribution in [2.45, 2.75) is 12.5 Å². The molecule has 0 bridgehead atoms. The minimum Gasteiger partial charge on any atom is -0.377 e. The van der Waals surface area contributed by atoms with Crippen LogP contribution in [0.25, 0.3) is 10.9 Å². The Hall–Kier alpha value is -2.53. The van der Waals surface area contributed by atoms with Crippen molar-refractivity contribution in [3.05, 3.63) is 60.0 Å². The molecule has 0 saturated carbocycles. The van der Waals surface area contributed by atoms with Crippen LogP contribution in [0.3, 0.4) is 0 Å². The third-order valence-corrected chi connectivity index (χ3v) is 4.79. The molecule has 1 aliphatic heterocycles. The lowest BCUT2D eigenvalue weighted by molar-refractivity contribution is -0.139. The first-order valence-corrected chi connectivity index (χ1v) is 8.27. The van der Waals surface area contributed by atoms with Crippen molar-refractivity contribution in [2.75, 3.05) is 19.8 Å². The first kappa shape index (κ1) is 15.0. The first-order chi connectivity index (χ1) is 11.7. The highest BCUT2D eigenvalue weighted by atomic mass is 16.5. The number of nitrogens with one attached hydrogen (secondary N) is 1. The predicted molar refractivity (Wildman–Crippen MR) is 92.7 cm³/mol. The van der Waals surface area contributed by atoms with Gasteiger partial charge in [0.05, 0.1) is 25.7 Å². The molecule has 3 heterocycles. The number of H-pyrrole nitrogens is 1. The Morgan fingerprint density at radius 1 is 1.29 bits per heavy atom. The number of morpholine rings is 1. The van der Waals surface area contributed by atoms with Crippen LogP contribution in [0.2, 0.25) is 0 Å². The highest BCUT2D eigenvalue weighted by Crippen LogP contribution is 2.26. The summed E-state index contributed by atoms with van der Waals surface area (Å²) in [6.45, 7) is 1.79. The Balaban J connectivity index is 1.59. The Morgan fingerprint density at radius 3 is 3.00 bits per heavy atom. The Labute approximate surface area is 140 Å². The van der Waals surface area contributed by atoms with Crippen molar-refractivity contribution < 1.29 is 9.53 Å². The minimum absolute atomic E-state index is 0.0172. The fourth-order valence-corrected chi connectivity index (χ4v) is 3.51. The molecule has 0 aliphatic carbocycles. The highest BCUT2D eigenvalue weighted by molar-refractivity contribution is 5.89. The lowest BCUT2D eigenvalue weighted by Gasteiger charge is -2.36.